The third-order valence-corrected chi connectivity index (χ3v) is 4.84. The molecule has 1 aliphatic heterocycles. The molecule has 24 heavy (non-hydrogen) atoms. The summed E-state index contributed by atoms with van der Waals surface area (Å²) in [5.74, 6) is 0.304. The summed E-state index contributed by atoms with van der Waals surface area (Å²) in [7, 11) is 0. The van der Waals surface area contributed by atoms with E-state index in [1.165, 1.54) is 0 Å². The quantitative estimate of drug-likeness (QED) is 0.741. The Bertz CT molecular complexity index is 544. The van der Waals surface area contributed by atoms with Gasteiger partial charge in [-0.15, -0.1) is 5.10 Å². The SMILES string of the molecule is CCCc1cn(CC[C@@H]2CC[C@@H](NC(=O)C3CC3)[C@H](CO)O2)nn1. The molecule has 7 heteroatoms. The van der Waals surface area contributed by atoms with Gasteiger partial charge in [0, 0.05) is 18.7 Å². The molecular formula is C17H28N4O3. The molecule has 7 nitrogen and oxygen atoms in total. The van der Waals surface area contributed by atoms with Crippen LogP contribution in [0.4, 0.5) is 0 Å². The number of nitrogens with one attached hydrogen (secondary N) is 1. The van der Waals surface area contributed by atoms with Crippen molar-refractivity contribution in [2.45, 2.75) is 76.7 Å². The Morgan fingerprint density at radius 1 is 1.42 bits per heavy atom. The molecule has 2 aliphatic rings. The highest BCUT2D eigenvalue weighted by atomic mass is 16.5. The number of carbonyl (C=O) groups excluding carboxylic acids is 1. The fourth-order valence-electron chi connectivity index (χ4n) is 3.25. The summed E-state index contributed by atoms with van der Waals surface area (Å²) < 4.78 is 7.86. The first-order chi connectivity index (χ1) is 11.7. The number of aryl methyl sites for hydroxylation is 2. The number of aromatic nitrogens is 3. The summed E-state index contributed by atoms with van der Waals surface area (Å²) in [6.45, 7) is 2.83. The highest BCUT2D eigenvalue weighted by molar-refractivity contribution is 5.81. The number of hydrogen-bond acceptors (Lipinski definition) is 5. The molecule has 2 N–H and O–H groups in total. The molecule has 0 unspecified atom stereocenters. The van der Waals surface area contributed by atoms with E-state index in [9.17, 15) is 9.90 Å². The first-order valence-electron chi connectivity index (χ1n) is 9.15. The van der Waals surface area contributed by atoms with Gasteiger partial charge in [0.05, 0.1) is 24.4 Å². The molecule has 3 rings (SSSR count). The van der Waals surface area contributed by atoms with Crippen molar-refractivity contribution in [3.8, 4) is 0 Å². The Morgan fingerprint density at radius 2 is 2.25 bits per heavy atom. The zero-order valence-corrected chi connectivity index (χ0v) is 14.4. The van der Waals surface area contributed by atoms with E-state index in [0.29, 0.717) is 0 Å². The molecule has 1 saturated heterocycles. The lowest BCUT2D eigenvalue weighted by Gasteiger charge is -2.36. The van der Waals surface area contributed by atoms with Crippen LogP contribution in [-0.4, -0.2) is 50.9 Å². The number of nitrogens with zero attached hydrogens (tertiary/aromatic N) is 3. The minimum atomic E-state index is -0.308. The Morgan fingerprint density at radius 3 is 2.96 bits per heavy atom. The van der Waals surface area contributed by atoms with Gasteiger partial charge in [0.1, 0.15) is 6.10 Å². The van der Waals surface area contributed by atoms with E-state index in [4.69, 9.17) is 4.74 Å². The summed E-state index contributed by atoms with van der Waals surface area (Å²) in [5.41, 5.74) is 1.03. The summed E-state index contributed by atoms with van der Waals surface area (Å²) in [6.07, 6.45) is 8.37. The summed E-state index contributed by atoms with van der Waals surface area (Å²) >= 11 is 0. The third-order valence-electron chi connectivity index (χ3n) is 4.84. The van der Waals surface area contributed by atoms with E-state index in [-0.39, 0.29) is 36.7 Å². The van der Waals surface area contributed by atoms with E-state index in [1.807, 2.05) is 10.9 Å². The molecule has 134 valence electrons. The lowest BCUT2D eigenvalue weighted by Crippen LogP contribution is -2.51. The van der Waals surface area contributed by atoms with E-state index in [1.54, 1.807) is 0 Å². The van der Waals surface area contributed by atoms with Crippen molar-refractivity contribution >= 4 is 5.91 Å². The first-order valence-corrected chi connectivity index (χ1v) is 9.15. The lowest BCUT2D eigenvalue weighted by atomic mass is 9.97. The zero-order valence-electron chi connectivity index (χ0n) is 14.4. The van der Waals surface area contributed by atoms with Crippen LogP contribution in [0.5, 0.6) is 0 Å². The van der Waals surface area contributed by atoms with Gasteiger partial charge in [-0.2, -0.15) is 0 Å². The van der Waals surface area contributed by atoms with Crippen molar-refractivity contribution in [3.05, 3.63) is 11.9 Å². The molecule has 1 aliphatic carbocycles. The number of carbonyl (C=O) groups is 1. The second-order valence-electron chi connectivity index (χ2n) is 6.96. The topological polar surface area (TPSA) is 89.3 Å². The van der Waals surface area contributed by atoms with Gasteiger partial charge in [0.15, 0.2) is 0 Å². The van der Waals surface area contributed by atoms with Gasteiger partial charge in [-0.1, -0.05) is 18.6 Å². The van der Waals surface area contributed by atoms with Crippen molar-refractivity contribution < 1.29 is 14.6 Å². The highest BCUT2D eigenvalue weighted by Crippen LogP contribution is 2.30. The van der Waals surface area contributed by atoms with Crippen LogP contribution in [0.25, 0.3) is 0 Å². The number of hydrogen-bond donors (Lipinski definition) is 2. The molecule has 0 aromatic carbocycles. The van der Waals surface area contributed by atoms with Gasteiger partial charge in [-0.05, 0) is 38.5 Å². The van der Waals surface area contributed by atoms with Gasteiger partial charge in [-0.3, -0.25) is 9.48 Å². The maximum absolute atomic E-state index is 11.9. The molecule has 1 saturated carbocycles. The molecule has 2 fully saturated rings. The van der Waals surface area contributed by atoms with Crippen molar-refractivity contribution in [1.29, 1.82) is 0 Å². The van der Waals surface area contributed by atoms with Gasteiger partial charge in [-0.25, -0.2) is 0 Å². The Kier molecular flexibility index (Phi) is 5.84. The van der Waals surface area contributed by atoms with E-state index in [0.717, 1.165) is 57.2 Å². The first kappa shape index (κ1) is 17.4. The molecule has 0 spiro atoms. The third kappa shape index (κ3) is 4.54. The molecular weight excluding hydrogens is 308 g/mol. The predicted molar refractivity (Wildman–Crippen MR) is 88.3 cm³/mol. The molecule has 3 atom stereocenters. The van der Waals surface area contributed by atoms with E-state index in [2.05, 4.69) is 22.6 Å². The summed E-state index contributed by atoms with van der Waals surface area (Å²) in [6, 6.07) is -0.0677. The number of amides is 1. The Labute approximate surface area is 142 Å². The Balaban J connectivity index is 1.45. The minimum absolute atomic E-state index is 0.0594. The van der Waals surface area contributed by atoms with Crippen LogP contribution in [-0.2, 0) is 22.5 Å². The highest BCUT2D eigenvalue weighted by Gasteiger charge is 2.36. The zero-order chi connectivity index (χ0) is 16.9. The van der Waals surface area contributed by atoms with Gasteiger partial charge < -0.3 is 15.2 Å². The number of rotatable bonds is 8. The lowest BCUT2D eigenvalue weighted by molar-refractivity contribution is -0.129. The second kappa shape index (κ2) is 8.07. The molecule has 0 radical (unpaired) electrons. The van der Waals surface area contributed by atoms with E-state index >= 15 is 0 Å². The standard InChI is InChI=1S/C17H28N4O3/c1-2-3-13-10-21(20-19-13)9-8-14-6-7-15(16(11-22)24-14)18-17(23)12-4-5-12/h10,12,14-16,22H,2-9,11H2,1H3,(H,18,23)/t14-,15+,16-/m0/s1. The van der Waals surface area contributed by atoms with Crippen molar-refractivity contribution in [2.75, 3.05) is 6.61 Å². The van der Waals surface area contributed by atoms with Crippen LogP contribution in [0.15, 0.2) is 6.20 Å². The monoisotopic (exact) mass is 336 g/mol. The number of aliphatic hydroxyl groups is 1. The van der Waals surface area contributed by atoms with Crippen LogP contribution in [0.1, 0.15) is 51.1 Å². The van der Waals surface area contributed by atoms with Crippen molar-refractivity contribution in [1.82, 2.24) is 20.3 Å². The number of aliphatic hydroxyl groups excluding tert-OH is 1. The number of ether oxygens (including phenoxy) is 1. The van der Waals surface area contributed by atoms with Crippen LogP contribution in [0, 0.1) is 5.92 Å². The molecule has 0 bridgehead atoms. The maximum atomic E-state index is 11.9. The molecule has 1 aromatic heterocycles. The van der Waals surface area contributed by atoms with Gasteiger partial charge >= 0.3 is 0 Å². The molecule has 1 aromatic rings. The molecule has 2 heterocycles. The second-order valence-corrected chi connectivity index (χ2v) is 6.96. The molecule has 1 amide bonds. The van der Waals surface area contributed by atoms with Crippen molar-refractivity contribution in [3.63, 3.8) is 0 Å². The largest absolute Gasteiger partial charge is 0.394 e. The van der Waals surface area contributed by atoms with Crippen LogP contribution < -0.4 is 5.32 Å². The van der Waals surface area contributed by atoms with Gasteiger partial charge in [0.2, 0.25) is 5.91 Å². The van der Waals surface area contributed by atoms with E-state index < -0.39 is 0 Å². The average Bonchev–Trinajstić information content (AvgIpc) is 3.35. The predicted octanol–water partition coefficient (Wildman–Crippen LogP) is 1.06. The fourth-order valence-corrected chi connectivity index (χ4v) is 3.25. The fraction of sp³-hybridized carbons (Fsp3) is 0.824. The van der Waals surface area contributed by atoms with Crippen LogP contribution >= 0.6 is 0 Å². The maximum Gasteiger partial charge on any atom is 0.223 e. The van der Waals surface area contributed by atoms with Crippen LogP contribution in [0.3, 0.4) is 0 Å². The normalized spacial score (nSPS) is 27.2. The summed E-state index contributed by atoms with van der Waals surface area (Å²) in [5, 5.41) is 20.9. The minimum Gasteiger partial charge on any atom is -0.394 e. The van der Waals surface area contributed by atoms with Crippen LogP contribution in [0.2, 0.25) is 0 Å². The van der Waals surface area contributed by atoms with Crippen molar-refractivity contribution in [2.24, 2.45) is 5.92 Å². The summed E-state index contributed by atoms with van der Waals surface area (Å²) in [4.78, 5) is 11.9. The van der Waals surface area contributed by atoms with Gasteiger partial charge in [0.25, 0.3) is 0 Å². The Hall–Kier alpha value is -1.47. The average molecular weight is 336 g/mol. The smallest absolute Gasteiger partial charge is 0.223 e.